The molecule has 0 aliphatic carbocycles. The zero-order valence-corrected chi connectivity index (χ0v) is 8.10. The van der Waals surface area contributed by atoms with Gasteiger partial charge < -0.3 is 0 Å². The van der Waals surface area contributed by atoms with Crippen LogP contribution in [0.5, 0.6) is 0 Å². The van der Waals surface area contributed by atoms with E-state index in [1.807, 2.05) is 36.7 Å². The van der Waals surface area contributed by atoms with E-state index in [1.54, 1.807) is 17.4 Å². The molecule has 0 spiro atoms. The molecule has 0 N–H and O–H groups in total. The summed E-state index contributed by atoms with van der Waals surface area (Å²) in [7, 11) is 0. The first-order chi connectivity index (χ1) is 5.70. The van der Waals surface area contributed by atoms with Crippen LogP contribution in [0.3, 0.4) is 0 Å². The van der Waals surface area contributed by atoms with Crippen molar-refractivity contribution in [3.05, 3.63) is 28.5 Å². The third-order valence-electron chi connectivity index (χ3n) is 1.55. The summed E-state index contributed by atoms with van der Waals surface area (Å²) < 4.78 is 0. The van der Waals surface area contributed by atoms with Crippen LogP contribution < -0.4 is 0 Å². The van der Waals surface area contributed by atoms with Gasteiger partial charge in [0.15, 0.2) is 5.78 Å². The Morgan fingerprint density at radius 1 is 1.58 bits per heavy atom. The summed E-state index contributed by atoms with van der Waals surface area (Å²) in [5, 5.41) is 4.02. The van der Waals surface area contributed by atoms with Gasteiger partial charge in [0.1, 0.15) is 0 Å². The fraction of sp³-hybridized carbons (Fsp3) is 0.300. The number of carbonyl (C=O) groups is 1. The topological polar surface area (TPSA) is 17.1 Å². The Bertz CT molecular complexity index is 270. The zero-order chi connectivity index (χ0) is 8.97. The molecule has 1 heterocycles. The highest BCUT2D eigenvalue weighted by Crippen LogP contribution is 2.08. The van der Waals surface area contributed by atoms with Crippen molar-refractivity contribution in [1.29, 1.82) is 0 Å². The molecule has 0 radical (unpaired) electrons. The van der Waals surface area contributed by atoms with Gasteiger partial charge in [-0.2, -0.15) is 11.3 Å². The Hall–Kier alpha value is -0.890. The Morgan fingerprint density at radius 2 is 2.33 bits per heavy atom. The van der Waals surface area contributed by atoms with Gasteiger partial charge in [0.2, 0.25) is 0 Å². The van der Waals surface area contributed by atoms with Crippen LogP contribution in [0.2, 0.25) is 0 Å². The number of rotatable bonds is 3. The lowest BCUT2D eigenvalue weighted by Crippen LogP contribution is -2.01. The van der Waals surface area contributed by atoms with Gasteiger partial charge in [0.25, 0.3) is 0 Å². The molecule has 0 saturated carbocycles. The van der Waals surface area contributed by atoms with Crippen LogP contribution in [-0.4, -0.2) is 5.78 Å². The number of ketones is 1. The summed E-state index contributed by atoms with van der Waals surface area (Å²) in [6.07, 6.45) is 3.51. The van der Waals surface area contributed by atoms with Gasteiger partial charge in [-0.05, 0) is 28.5 Å². The first kappa shape index (κ1) is 9.20. The van der Waals surface area contributed by atoms with Crippen LogP contribution in [0.1, 0.15) is 19.4 Å². The van der Waals surface area contributed by atoms with Gasteiger partial charge in [-0.15, -0.1) is 0 Å². The van der Waals surface area contributed by atoms with Crippen molar-refractivity contribution in [2.24, 2.45) is 5.92 Å². The summed E-state index contributed by atoms with van der Waals surface area (Å²) in [6.45, 7) is 3.81. The van der Waals surface area contributed by atoms with Crippen LogP contribution >= 0.6 is 11.3 Å². The number of hydrogen-bond acceptors (Lipinski definition) is 2. The third-order valence-corrected chi connectivity index (χ3v) is 2.25. The monoisotopic (exact) mass is 180 g/mol. The summed E-state index contributed by atoms with van der Waals surface area (Å²) in [4.78, 5) is 11.2. The van der Waals surface area contributed by atoms with E-state index >= 15 is 0 Å². The number of carbonyl (C=O) groups excluding carboxylic acids is 1. The van der Waals surface area contributed by atoms with E-state index in [2.05, 4.69) is 0 Å². The van der Waals surface area contributed by atoms with Crippen molar-refractivity contribution in [3.8, 4) is 0 Å². The molecule has 0 aromatic carbocycles. The van der Waals surface area contributed by atoms with Crippen LogP contribution in [0.15, 0.2) is 22.9 Å². The zero-order valence-electron chi connectivity index (χ0n) is 7.28. The van der Waals surface area contributed by atoms with Crippen molar-refractivity contribution in [3.63, 3.8) is 0 Å². The second kappa shape index (κ2) is 4.21. The summed E-state index contributed by atoms with van der Waals surface area (Å²) >= 11 is 1.64. The highest BCUT2D eigenvalue weighted by atomic mass is 32.1. The number of hydrogen-bond donors (Lipinski definition) is 0. The van der Waals surface area contributed by atoms with E-state index in [1.165, 1.54) is 0 Å². The van der Waals surface area contributed by atoms with Crippen molar-refractivity contribution >= 4 is 23.2 Å². The van der Waals surface area contributed by atoms with Crippen LogP contribution in [-0.2, 0) is 4.79 Å². The van der Waals surface area contributed by atoms with Gasteiger partial charge >= 0.3 is 0 Å². The normalized spacial score (nSPS) is 11.2. The van der Waals surface area contributed by atoms with Crippen molar-refractivity contribution < 1.29 is 4.79 Å². The van der Waals surface area contributed by atoms with E-state index in [0.717, 1.165) is 5.56 Å². The molecule has 0 aliphatic rings. The minimum atomic E-state index is 0.0971. The molecule has 1 aromatic rings. The SMILES string of the molecule is CC(C)C(=O)C=Cc1ccsc1. The maximum absolute atomic E-state index is 11.2. The first-order valence-electron chi connectivity index (χ1n) is 3.94. The molecule has 0 atom stereocenters. The molecular weight excluding hydrogens is 168 g/mol. The molecule has 1 aromatic heterocycles. The fourth-order valence-corrected chi connectivity index (χ4v) is 1.37. The summed E-state index contributed by atoms with van der Waals surface area (Å²) in [5.74, 6) is 0.279. The summed E-state index contributed by atoms with van der Waals surface area (Å²) in [5.41, 5.74) is 1.11. The molecule has 0 amide bonds. The molecule has 1 rings (SSSR count). The first-order valence-corrected chi connectivity index (χ1v) is 4.88. The van der Waals surface area contributed by atoms with Gasteiger partial charge in [-0.3, -0.25) is 4.79 Å². The molecule has 0 aliphatic heterocycles. The highest BCUT2D eigenvalue weighted by molar-refractivity contribution is 7.08. The molecule has 2 heteroatoms. The average Bonchev–Trinajstić information content (AvgIpc) is 2.51. The maximum Gasteiger partial charge on any atom is 0.158 e. The molecule has 0 saturated heterocycles. The number of thiophene rings is 1. The molecule has 1 nitrogen and oxygen atoms in total. The van der Waals surface area contributed by atoms with Crippen molar-refractivity contribution in [1.82, 2.24) is 0 Å². The smallest absolute Gasteiger partial charge is 0.158 e. The lowest BCUT2D eigenvalue weighted by molar-refractivity contribution is -0.117. The Balaban J connectivity index is 2.57. The molecule has 0 fully saturated rings. The van der Waals surface area contributed by atoms with Gasteiger partial charge in [0, 0.05) is 5.92 Å². The van der Waals surface area contributed by atoms with Crippen LogP contribution in [0.4, 0.5) is 0 Å². The quantitative estimate of drug-likeness (QED) is 0.653. The molecule has 0 bridgehead atoms. The Morgan fingerprint density at radius 3 is 2.83 bits per heavy atom. The van der Waals surface area contributed by atoms with E-state index in [-0.39, 0.29) is 11.7 Å². The number of allylic oxidation sites excluding steroid dienone is 1. The largest absolute Gasteiger partial charge is 0.295 e. The van der Waals surface area contributed by atoms with E-state index in [9.17, 15) is 4.79 Å². The van der Waals surface area contributed by atoms with E-state index < -0.39 is 0 Å². The average molecular weight is 180 g/mol. The molecule has 0 unspecified atom stereocenters. The Kier molecular flexibility index (Phi) is 3.23. The van der Waals surface area contributed by atoms with Gasteiger partial charge in [0.05, 0.1) is 0 Å². The second-order valence-electron chi connectivity index (χ2n) is 2.95. The van der Waals surface area contributed by atoms with Gasteiger partial charge in [-0.25, -0.2) is 0 Å². The van der Waals surface area contributed by atoms with Crippen molar-refractivity contribution in [2.45, 2.75) is 13.8 Å². The minimum Gasteiger partial charge on any atom is -0.295 e. The second-order valence-corrected chi connectivity index (χ2v) is 3.73. The van der Waals surface area contributed by atoms with Crippen LogP contribution in [0, 0.1) is 5.92 Å². The lowest BCUT2D eigenvalue weighted by atomic mass is 10.1. The molecular formula is C10H12OS. The van der Waals surface area contributed by atoms with Gasteiger partial charge in [-0.1, -0.05) is 19.9 Å². The Labute approximate surface area is 76.7 Å². The predicted octanol–water partition coefficient (Wildman–Crippen LogP) is 2.99. The standard InChI is InChI=1S/C10H12OS/c1-8(2)10(11)4-3-9-5-6-12-7-9/h3-8H,1-2H3. The van der Waals surface area contributed by atoms with E-state index in [4.69, 9.17) is 0 Å². The fourth-order valence-electron chi connectivity index (χ4n) is 0.741. The predicted molar refractivity (Wildman–Crippen MR) is 53.2 cm³/mol. The maximum atomic E-state index is 11.2. The van der Waals surface area contributed by atoms with E-state index in [0.29, 0.717) is 0 Å². The van der Waals surface area contributed by atoms with Crippen LogP contribution in [0.25, 0.3) is 6.08 Å². The summed E-state index contributed by atoms with van der Waals surface area (Å²) in [6, 6.07) is 1.99. The van der Waals surface area contributed by atoms with Crippen molar-refractivity contribution in [2.75, 3.05) is 0 Å². The molecule has 64 valence electrons. The third kappa shape index (κ3) is 2.62. The minimum absolute atomic E-state index is 0.0971. The lowest BCUT2D eigenvalue weighted by Gasteiger charge is -1.95. The highest BCUT2D eigenvalue weighted by Gasteiger charge is 2.00. The molecule has 12 heavy (non-hydrogen) atoms.